The van der Waals surface area contributed by atoms with E-state index in [-0.39, 0.29) is 46.2 Å². The van der Waals surface area contributed by atoms with Crippen molar-refractivity contribution in [2.45, 2.75) is 38.2 Å². The number of pyridine rings is 2. The fourth-order valence-electron chi connectivity index (χ4n) is 3.70. The van der Waals surface area contributed by atoms with Gasteiger partial charge in [0.05, 0.1) is 25.0 Å². The summed E-state index contributed by atoms with van der Waals surface area (Å²) < 4.78 is 43.7. The summed E-state index contributed by atoms with van der Waals surface area (Å²) in [6, 6.07) is 2.71. The third-order valence-electron chi connectivity index (χ3n) is 5.79. The Hall–Kier alpha value is -3.69. The minimum absolute atomic E-state index is 0.0521. The van der Waals surface area contributed by atoms with Gasteiger partial charge in [0.25, 0.3) is 12.3 Å². The van der Waals surface area contributed by atoms with Crippen LogP contribution >= 0.6 is 11.3 Å². The van der Waals surface area contributed by atoms with Crippen LogP contribution < -0.4 is 14.8 Å². The zero-order valence-electron chi connectivity index (χ0n) is 19.9. The molecule has 0 spiro atoms. The number of halogens is 2. The van der Waals surface area contributed by atoms with E-state index in [4.69, 9.17) is 14.2 Å². The molecule has 4 heterocycles. The molecule has 1 aliphatic heterocycles. The van der Waals surface area contributed by atoms with E-state index < -0.39 is 18.0 Å². The zero-order chi connectivity index (χ0) is 25.8. The van der Waals surface area contributed by atoms with Crippen LogP contribution in [0.25, 0.3) is 11.1 Å². The van der Waals surface area contributed by atoms with E-state index >= 15 is 0 Å². The van der Waals surface area contributed by atoms with Gasteiger partial charge in [0, 0.05) is 35.9 Å². The minimum atomic E-state index is -2.81. The van der Waals surface area contributed by atoms with E-state index in [2.05, 4.69) is 37.3 Å². The number of hydrogen-bond donors (Lipinski definition) is 1. The van der Waals surface area contributed by atoms with Gasteiger partial charge in [0.15, 0.2) is 5.01 Å². The molecule has 1 aliphatic carbocycles. The molecule has 2 fully saturated rings. The molecule has 1 N–H and O–H groups in total. The van der Waals surface area contributed by atoms with Crippen molar-refractivity contribution in [2.75, 3.05) is 25.6 Å². The lowest BCUT2D eigenvalue weighted by atomic mass is 10.00. The van der Waals surface area contributed by atoms with Crippen LogP contribution in [0.5, 0.6) is 11.6 Å². The molecule has 9 nitrogen and oxygen atoms in total. The van der Waals surface area contributed by atoms with Crippen molar-refractivity contribution in [1.29, 1.82) is 0 Å². The van der Waals surface area contributed by atoms with Gasteiger partial charge in [-0.25, -0.2) is 13.8 Å². The van der Waals surface area contributed by atoms with Crippen LogP contribution in [-0.2, 0) is 4.74 Å². The molecular weight excluding hydrogens is 504 g/mol. The number of aromatic nitrogens is 4. The highest BCUT2D eigenvalue weighted by molar-refractivity contribution is 7.15. The number of methoxy groups -OCH3 is 1. The first-order chi connectivity index (χ1) is 18.0. The summed E-state index contributed by atoms with van der Waals surface area (Å²) >= 11 is 1.15. The van der Waals surface area contributed by atoms with Gasteiger partial charge in [0.2, 0.25) is 11.0 Å². The summed E-state index contributed by atoms with van der Waals surface area (Å²) in [6.07, 6.45) is 3.66. The maximum Gasteiger partial charge on any atom is 0.280 e. The third kappa shape index (κ3) is 6.18. The average Bonchev–Trinajstić information content (AvgIpc) is 3.38. The molecule has 3 aromatic heterocycles. The lowest BCUT2D eigenvalue weighted by Crippen LogP contribution is -2.18. The first-order valence-corrected chi connectivity index (χ1v) is 12.5. The smallest absolute Gasteiger partial charge is 0.280 e. The van der Waals surface area contributed by atoms with Crippen LogP contribution in [0.3, 0.4) is 0 Å². The summed E-state index contributed by atoms with van der Waals surface area (Å²) in [5, 5.41) is 11.4. The monoisotopic (exact) mass is 527 g/mol. The zero-order valence-corrected chi connectivity index (χ0v) is 20.7. The van der Waals surface area contributed by atoms with Crippen molar-refractivity contribution in [2.24, 2.45) is 5.92 Å². The number of carbonyl (C=O) groups is 1. The number of rotatable bonds is 8. The normalized spacial score (nSPS) is 16.8. The number of ether oxygens (including phenoxy) is 3. The van der Waals surface area contributed by atoms with Crippen LogP contribution in [0.4, 0.5) is 13.9 Å². The Labute approximate surface area is 215 Å². The average molecular weight is 528 g/mol. The van der Waals surface area contributed by atoms with Crippen molar-refractivity contribution in [3.05, 3.63) is 40.8 Å². The van der Waals surface area contributed by atoms with Gasteiger partial charge in [-0.15, -0.1) is 10.2 Å². The van der Waals surface area contributed by atoms with Gasteiger partial charge < -0.3 is 14.2 Å². The Kier molecular flexibility index (Phi) is 7.52. The summed E-state index contributed by atoms with van der Waals surface area (Å²) in [5.41, 5.74) is 0.184. The molecule has 192 valence electrons. The van der Waals surface area contributed by atoms with E-state index in [0.717, 1.165) is 37.0 Å². The third-order valence-corrected chi connectivity index (χ3v) is 6.55. The largest absolute Gasteiger partial charge is 0.494 e. The van der Waals surface area contributed by atoms with Crippen molar-refractivity contribution in [3.63, 3.8) is 0 Å². The molecule has 1 saturated heterocycles. The van der Waals surface area contributed by atoms with E-state index in [1.165, 1.54) is 31.6 Å². The number of anilines is 1. The minimum Gasteiger partial charge on any atom is -0.494 e. The number of alkyl halides is 2. The summed E-state index contributed by atoms with van der Waals surface area (Å²) in [7, 11) is 1.39. The van der Waals surface area contributed by atoms with Gasteiger partial charge in [-0.1, -0.05) is 17.3 Å². The molecule has 1 atom stereocenters. The predicted octanol–water partition coefficient (Wildman–Crippen LogP) is 4.51. The quantitative estimate of drug-likeness (QED) is 0.426. The molecule has 0 bridgehead atoms. The molecule has 5 rings (SSSR count). The number of amides is 1. The number of carbonyl (C=O) groups excluding carboxylic acids is 1. The summed E-state index contributed by atoms with van der Waals surface area (Å²) in [6.45, 7) is 0.957. The van der Waals surface area contributed by atoms with E-state index in [1.807, 2.05) is 0 Å². The number of nitrogens with zero attached hydrogens (tertiary/aromatic N) is 4. The van der Waals surface area contributed by atoms with Crippen LogP contribution in [0.1, 0.15) is 53.2 Å². The molecule has 37 heavy (non-hydrogen) atoms. The second-order valence-corrected chi connectivity index (χ2v) is 9.51. The molecule has 1 amide bonds. The van der Waals surface area contributed by atoms with Gasteiger partial charge in [0.1, 0.15) is 18.1 Å². The topological polar surface area (TPSA) is 108 Å². The second-order valence-electron chi connectivity index (χ2n) is 8.53. The maximum absolute atomic E-state index is 13.5. The number of hydrogen-bond acceptors (Lipinski definition) is 9. The van der Waals surface area contributed by atoms with Crippen LogP contribution in [0.2, 0.25) is 0 Å². The maximum atomic E-state index is 13.5. The SMILES string of the molecule is COc1cnc(C(F)F)cc1-c1cc(OC[C@H]2CCCO2)ncc1C(=O)Nc1nnc(C#CC2CC2)s1. The van der Waals surface area contributed by atoms with Crippen LogP contribution in [-0.4, -0.2) is 52.5 Å². The highest BCUT2D eigenvalue weighted by Gasteiger charge is 2.23. The standard InChI is InChI=1S/C25H23F2N5O4S/c1-34-20-12-28-19(23(26)27)9-17(20)16-10-21(36-13-15-3-2-8-35-15)29-11-18(16)24(33)30-25-32-31-22(37-25)7-6-14-4-5-14/h9-12,14-15,23H,2-5,8,13H2,1H3,(H,30,32,33)/t15-/m1/s1. The van der Waals surface area contributed by atoms with Crippen LogP contribution in [0, 0.1) is 17.8 Å². The number of nitrogens with one attached hydrogen (secondary N) is 1. The van der Waals surface area contributed by atoms with Crippen molar-refractivity contribution >= 4 is 22.4 Å². The van der Waals surface area contributed by atoms with Gasteiger partial charge in [-0.2, -0.15) is 0 Å². The summed E-state index contributed by atoms with van der Waals surface area (Å²) in [4.78, 5) is 21.3. The Morgan fingerprint density at radius 1 is 1.22 bits per heavy atom. The van der Waals surface area contributed by atoms with Gasteiger partial charge in [-0.05, 0) is 37.7 Å². The Balaban J connectivity index is 1.46. The van der Waals surface area contributed by atoms with E-state index in [9.17, 15) is 13.6 Å². The lowest BCUT2D eigenvalue weighted by molar-refractivity contribution is 0.0663. The van der Waals surface area contributed by atoms with Crippen molar-refractivity contribution in [1.82, 2.24) is 20.2 Å². The fourth-order valence-corrected chi connectivity index (χ4v) is 4.30. The molecular formula is C25H23F2N5O4S. The second kappa shape index (κ2) is 11.1. The van der Waals surface area contributed by atoms with Crippen molar-refractivity contribution in [3.8, 4) is 34.6 Å². The molecule has 12 heteroatoms. The highest BCUT2D eigenvalue weighted by Crippen LogP contribution is 2.36. The molecule has 0 radical (unpaired) electrons. The van der Waals surface area contributed by atoms with E-state index in [1.54, 1.807) is 0 Å². The van der Waals surface area contributed by atoms with E-state index in [0.29, 0.717) is 17.5 Å². The highest BCUT2D eigenvalue weighted by atomic mass is 32.1. The fraction of sp³-hybridized carbons (Fsp3) is 0.400. The van der Waals surface area contributed by atoms with Crippen molar-refractivity contribution < 1.29 is 27.8 Å². The first-order valence-electron chi connectivity index (χ1n) is 11.7. The Bertz CT molecular complexity index is 1350. The predicted molar refractivity (Wildman–Crippen MR) is 131 cm³/mol. The Morgan fingerprint density at radius 2 is 2.08 bits per heavy atom. The van der Waals surface area contributed by atoms with Crippen LogP contribution in [0.15, 0.2) is 24.5 Å². The van der Waals surface area contributed by atoms with Gasteiger partial charge >= 0.3 is 0 Å². The molecule has 0 unspecified atom stereocenters. The lowest BCUT2D eigenvalue weighted by Gasteiger charge is -2.16. The molecule has 0 aromatic carbocycles. The summed E-state index contributed by atoms with van der Waals surface area (Å²) in [5.74, 6) is 6.34. The first kappa shape index (κ1) is 25.0. The molecule has 3 aromatic rings. The van der Waals surface area contributed by atoms with Gasteiger partial charge in [-0.3, -0.25) is 15.1 Å². The Morgan fingerprint density at radius 3 is 2.81 bits per heavy atom. The molecule has 2 aliphatic rings. The molecule has 1 saturated carbocycles.